The summed E-state index contributed by atoms with van der Waals surface area (Å²) in [6.07, 6.45) is 0.537. The Kier molecular flexibility index (Phi) is 3.94. The third-order valence-electron chi connectivity index (χ3n) is 5.09. The van der Waals surface area contributed by atoms with Crippen LogP contribution in [0.3, 0.4) is 0 Å². The van der Waals surface area contributed by atoms with Crippen molar-refractivity contribution in [2.24, 2.45) is 5.41 Å². The van der Waals surface area contributed by atoms with Gasteiger partial charge in [-0.1, -0.05) is 32.0 Å². The number of carbonyl (C=O) groups is 1. The lowest BCUT2D eigenvalue weighted by Crippen LogP contribution is -2.68. The first-order chi connectivity index (χ1) is 10.9. The molecule has 1 aliphatic carbocycles. The number of aliphatic hydroxyl groups is 1. The maximum absolute atomic E-state index is 12.3. The van der Waals surface area contributed by atoms with Crippen molar-refractivity contribution in [3.8, 4) is 0 Å². The molecule has 5 heteroatoms. The summed E-state index contributed by atoms with van der Waals surface area (Å²) in [6, 6.07) is 9.18. The third-order valence-corrected chi connectivity index (χ3v) is 5.09. The molecule has 2 atom stereocenters. The van der Waals surface area contributed by atoms with E-state index in [1.54, 1.807) is 6.07 Å². The van der Waals surface area contributed by atoms with Crippen molar-refractivity contribution in [1.82, 2.24) is 5.32 Å². The number of hydrogen-bond acceptors (Lipinski definition) is 4. The molecule has 124 valence electrons. The van der Waals surface area contributed by atoms with E-state index < -0.39 is 11.0 Å². The molecule has 1 heterocycles. The molecule has 0 unspecified atom stereocenters. The molecule has 5 nitrogen and oxygen atoms in total. The zero-order valence-corrected chi connectivity index (χ0v) is 13.8. The topological polar surface area (TPSA) is 71.7 Å². The van der Waals surface area contributed by atoms with Gasteiger partial charge in [0.2, 0.25) is 0 Å². The van der Waals surface area contributed by atoms with Crippen LogP contribution in [0.25, 0.3) is 11.0 Å². The molecule has 1 aliphatic rings. The normalized spacial score (nSPS) is 26.0. The molecule has 0 saturated heterocycles. The lowest BCUT2D eigenvalue weighted by atomic mass is 9.56. The second kappa shape index (κ2) is 5.65. The molecule has 1 aromatic carbocycles. The standard InChI is InChI=1S/C18H23NO4/c1-4-22-15-10-18(21,17(15,2)3)11-19-16(20)14-9-12-7-5-6-8-13(12)23-14/h5-9,15,21H,4,10-11H2,1-3H3,(H,19,20)/t15-,18-/m0/s1. The molecule has 3 rings (SSSR count). The molecule has 2 N–H and O–H groups in total. The van der Waals surface area contributed by atoms with Gasteiger partial charge in [0.1, 0.15) is 5.58 Å². The minimum atomic E-state index is -0.964. The summed E-state index contributed by atoms with van der Waals surface area (Å²) >= 11 is 0. The van der Waals surface area contributed by atoms with Gasteiger partial charge in [0.25, 0.3) is 5.91 Å². The Hall–Kier alpha value is -1.85. The van der Waals surface area contributed by atoms with Gasteiger partial charge in [0.15, 0.2) is 5.76 Å². The number of nitrogens with one attached hydrogen (secondary N) is 1. The van der Waals surface area contributed by atoms with E-state index in [0.29, 0.717) is 18.6 Å². The average molecular weight is 317 g/mol. The van der Waals surface area contributed by atoms with Gasteiger partial charge in [-0.25, -0.2) is 0 Å². The summed E-state index contributed by atoms with van der Waals surface area (Å²) < 4.78 is 11.2. The molecule has 1 amide bonds. The van der Waals surface area contributed by atoms with Gasteiger partial charge in [-0.15, -0.1) is 0 Å². The SMILES string of the molecule is CCO[C@H]1C[C@](O)(CNC(=O)c2cc3ccccc3o2)C1(C)C. The van der Waals surface area contributed by atoms with Crippen LogP contribution in [0.1, 0.15) is 37.7 Å². The molecule has 1 fully saturated rings. The van der Waals surface area contributed by atoms with E-state index in [-0.39, 0.29) is 24.3 Å². The van der Waals surface area contributed by atoms with Crippen LogP contribution in [0.5, 0.6) is 0 Å². The summed E-state index contributed by atoms with van der Waals surface area (Å²) in [7, 11) is 0. The smallest absolute Gasteiger partial charge is 0.287 e. The first-order valence-electron chi connectivity index (χ1n) is 7.98. The van der Waals surface area contributed by atoms with Gasteiger partial charge in [-0.05, 0) is 19.1 Å². The van der Waals surface area contributed by atoms with Crippen molar-refractivity contribution in [2.45, 2.75) is 38.9 Å². The number of fused-ring (bicyclic) bond motifs is 1. The Bertz CT molecular complexity index is 688. The van der Waals surface area contributed by atoms with Crippen LogP contribution in [-0.2, 0) is 4.74 Å². The Morgan fingerprint density at radius 3 is 2.83 bits per heavy atom. The Labute approximate surface area is 135 Å². The lowest BCUT2D eigenvalue weighted by Gasteiger charge is -2.57. The average Bonchev–Trinajstić information content (AvgIpc) is 2.96. The number of carbonyl (C=O) groups excluding carboxylic acids is 1. The summed E-state index contributed by atoms with van der Waals surface area (Å²) in [6.45, 7) is 6.67. The third kappa shape index (κ3) is 2.64. The van der Waals surface area contributed by atoms with Crippen molar-refractivity contribution in [3.63, 3.8) is 0 Å². The van der Waals surface area contributed by atoms with Crippen LogP contribution < -0.4 is 5.32 Å². The maximum atomic E-state index is 12.3. The van der Waals surface area contributed by atoms with Crippen LogP contribution in [0.15, 0.2) is 34.7 Å². The van der Waals surface area contributed by atoms with E-state index in [1.807, 2.05) is 45.0 Å². The van der Waals surface area contributed by atoms with Crippen molar-refractivity contribution >= 4 is 16.9 Å². The molecule has 0 radical (unpaired) electrons. The Morgan fingerprint density at radius 1 is 1.43 bits per heavy atom. The summed E-state index contributed by atoms with van der Waals surface area (Å²) in [5.74, 6) is -0.0569. The zero-order valence-electron chi connectivity index (χ0n) is 13.8. The predicted octanol–water partition coefficient (Wildman–Crippen LogP) is 2.73. The number of furan rings is 1. The molecule has 0 spiro atoms. The molecule has 1 aromatic heterocycles. The second-order valence-corrected chi connectivity index (χ2v) is 6.73. The van der Waals surface area contributed by atoms with Gasteiger partial charge in [0, 0.05) is 30.4 Å². The van der Waals surface area contributed by atoms with E-state index in [2.05, 4.69) is 5.32 Å². The number of ether oxygens (including phenoxy) is 1. The predicted molar refractivity (Wildman–Crippen MR) is 87.3 cm³/mol. The van der Waals surface area contributed by atoms with Crippen LogP contribution in [0.2, 0.25) is 0 Å². The van der Waals surface area contributed by atoms with Gasteiger partial charge in [-0.2, -0.15) is 0 Å². The number of amides is 1. The highest BCUT2D eigenvalue weighted by Crippen LogP contribution is 2.50. The summed E-state index contributed by atoms with van der Waals surface area (Å²) in [4.78, 5) is 12.3. The highest BCUT2D eigenvalue weighted by molar-refractivity contribution is 5.96. The number of rotatable bonds is 5. The fraction of sp³-hybridized carbons (Fsp3) is 0.500. The molecular formula is C18H23NO4. The second-order valence-electron chi connectivity index (χ2n) is 6.73. The van der Waals surface area contributed by atoms with Crippen molar-refractivity contribution in [2.75, 3.05) is 13.2 Å². The molecule has 23 heavy (non-hydrogen) atoms. The minimum absolute atomic E-state index is 0.0144. The number of benzene rings is 1. The van der Waals surface area contributed by atoms with Crippen LogP contribution in [0.4, 0.5) is 0 Å². The van der Waals surface area contributed by atoms with Gasteiger partial charge in [-0.3, -0.25) is 4.79 Å². The van der Waals surface area contributed by atoms with E-state index in [4.69, 9.17) is 9.15 Å². The fourth-order valence-corrected chi connectivity index (χ4v) is 3.17. The van der Waals surface area contributed by atoms with Crippen LogP contribution >= 0.6 is 0 Å². The maximum Gasteiger partial charge on any atom is 0.287 e. The van der Waals surface area contributed by atoms with Crippen LogP contribution in [0, 0.1) is 5.41 Å². The summed E-state index contributed by atoms with van der Waals surface area (Å²) in [5, 5.41) is 14.4. The van der Waals surface area contributed by atoms with Gasteiger partial charge >= 0.3 is 0 Å². The van der Waals surface area contributed by atoms with E-state index in [1.165, 1.54) is 0 Å². The first kappa shape index (κ1) is 16.0. The van der Waals surface area contributed by atoms with Gasteiger partial charge in [0.05, 0.1) is 11.7 Å². The molecule has 1 saturated carbocycles. The van der Waals surface area contributed by atoms with E-state index in [9.17, 15) is 9.90 Å². The molecular weight excluding hydrogens is 294 g/mol. The first-order valence-corrected chi connectivity index (χ1v) is 7.98. The number of para-hydroxylation sites is 1. The molecule has 0 bridgehead atoms. The van der Waals surface area contributed by atoms with Crippen LogP contribution in [-0.4, -0.2) is 35.9 Å². The zero-order chi connectivity index (χ0) is 16.7. The largest absolute Gasteiger partial charge is 0.451 e. The minimum Gasteiger partial charge on any atom is -0.451 e. The van der Waals surface area contributed by atoms with Crippen molar-refractivity contribution in [3.05, 3.63) is 36.1 Å². The summed E-state index contributed by atoms with van der Waals surface area (Å²) in [5.41, 5.74) is -0.685. The molecule has 2 aromatic rings. The Balaban J connectivity index is 1.65. The lowest BCUT2D eigenvalue weighted by molar-refractivity contribution is -0.237. The van der Waals surface area contributed by atoms with Crippen molar-refractivity contribution in [1.29, 1.82) is 0 Å². The fourth-order valence-electron chi connectivity index (χ4n) is 3.17. The van der Waals surface area contributed by atoms with Gasteiger partial charge < -0.3 is 19.6 Å². The van der Waals surface area contributed by atoms with Crippen molar-refractivity contribution < 1.29 is 19.1 Å². The Morgan fingerprint density at radius 2 is 2.17 bits per heavy atom. The quantitative estimate of drug-likeness (QED) is 0.889. The van der Waals surface area contributed by atoms with E-state index >= 15 is 0 Å². The monoisotopic (exact) mass is 317 g/mol. The number of hydrogen-bond donors (Lipinski definition) is 2. The molecule has 0 aliphatic heterocycles. The highest BCUT2D eigenvalue weighted by atomic mass is 16.5. The van der Waals surface area contributed by atoms with E-state index in [0.717, 1.165) is 5.39 Å². The highest BCUT2D eigenvalue weighted by Gasteiger charge is 2.59.